The van der Waals surface area contributed by atoms with Crippen LogP contribution in [0.4, 0.5) is 5.69 Å². The molecule has 102 valence electrons. The van der Waals surface area contributed by atoms with Gasteiger partial charge in [-0.2, -0.15) is 0 Å². The third-order valence-electron chi connectivity index (χ3n) is 3.43. The number of anilines is 1. The lowest BCUT2D eigenvalue weighted by Crippen LogP contribution is -1.94. The first-order chi connectivity index (χ1) is 10.2. The van der Waals surface area contributed by atoms with E-state index in [-0.39, 0.29) is 5.78 Å². The van der Waals surface area contributed by atoms with Crippen molar-refractivity contribution < 1.29 is 4.79 Å². The number of carbonyl (C=O) groups excluding carboxylic acids is 1. The molecule has 0 amide bonds. The first-order valence-corrected chi connectivity index (χ1v) is 6.80. The van der Waals surface area contributed by atoms with Crippen molar-refractivity contribution in [3.8, 4) is 0 Å². The third kappa shape index (κ3) is 2.84. The van der Waals surface area contributed by atoms with E-state index in [0.29, 0.717) is 11.3 Å². The molecule has 0 bridgehead atoms. The summed E-state index contributed by atoms with van der Waals surface area (Å²) in [6.07, 6.45) is 3.47. The molecule has 3 aromatic rings. The highest BCUT2D eigenvalue weighted by Crippen LogP contribution is 2.20. The lowest BCUT2D eigenvalue weighted by atomic mass is 10.0. The van der Waals surface area contributed by atoms with Gasteiger partial charge in [0, 0.05) is 11.3 Å². The third-order valence-corrected chi connectivity index (χ3v) is 3.43. The number of benzene rings is 3. The van der Waals surface area contributed by atoms with Gasteiger partial charge in [-0.3, -0.25) is 4.79 Å². The molecule has 0 heterocycles. The number of ketones is 1. The van der Waals surface area contributed by atoms with Gasteiger partial charge in [0.2, 0.25) is 0 Å². The van der Waals surface area contributed by atoms with Crippen molar-refractivity contribution in [2.45, 2.75) is 0 Å². The summed E-state index contributed by atoms with van der Waals surface area (Å²) < 4.78 is 0. The largest absolute Gasteiger partial charge is 0.399 e. The van der Waals surface area contributed by atoms with E-state index in [9.17, 15) is 4.79 Å². The molecule has 0 fully saturated rings. The number of carbonyl (C=O) groups is 1. The van der Waals surface area contributed by atoms with Crippen LogP contribution in [0, 0.1) is 0 Å². The Balaban J connectivity index is 1.91. The lowest BCUT2D eigenvalue weighted by Gasteiger charge is -2.01. The van der Waals surface area contributed by atoms with Crippen LogP contribution < -0.4 is 5.73 Å². The van der Waals surface area contributed by atoms with E-state index in [1.165, 1.54) is 5.39 Å². The predicted molar refractivity (Wildman–Crippen MR) is 88.2 cm³/mol. The molecule has 2 nitrogen and oxygen atoms in total. The molecule has 0 aliphatic heterocycles. The maximum Gasteiger partial charge on any atom is 0.185 e. The highest BCUT2D eigenvalue weighted by molar-refractivity contribution is 6.08. The fraction of sp³-hybridized carbons (Fsp3) is 0. The molecule has 0 aliphatic carbocycles. The molecule has 2 N–H and O–H groups in total. The molecule has 0 aliphatic rings. The van der Waals surface area contributed by atoms with Gasteiger partial charge < -0.3 is 5.73 Å². The molecule has 21 heavy (non-hydrogen) atoms. The van der Waals surface area contributed by atoms with Crippen molar-refractivity contribution in [2.75, 3.05) is 5.73 Å². The number of hydrogen-bond donors (Lipinski definition) is 1. The van der Waals surface area contributed by atoms with Crippen LogP contribution in [0.5, 0.6) is 0 Å². The number of nitrogens with two attached hydrogens (primary N) is 1. The molecule has 0 radical (unpaired) electrons. The minimum Gasteiger partial charge on any atom is -0.399 e. The molecule has 2 heteroatoms. The van der Waals surface area contributed by atoms with Gasteiger partial charge in [0.05, 0.1) is 0 Å². The maximum absolute atomic E-state index is 12.1. The van der Waals surface area contributed by atoms with Gasteiger partial charge in [0.15, 0.2) is 5.78 Å². The number of allylic oxidation sites excluding steroid dienone is 1. The molecule has 0 unspecified atom stereocenters. The number of fused-ring (bicyclic) bond motifs is 1. The Hall–Kier alpha value is -2.87. The molecule has 3 aromatic carbocycles. The molecule has 0 saturated heterocycles. The van der Waals surface area contributed by atoms with Gasteiger partial charge >= 0.3 is 0 Å². The lowest BCUT2D eigenvalue weighted by molar-refractivity contribution is 0.104. The van der Waals surface area contributed by atoms with Gasteiger partial charge in [0.25, 0.3) is 0 Å². The topological polar surface area (TPSA) is 43.1 Å². The Kier molecular flexibility index (Phi) is 3.52. The molecule has 0 aromatic heterocycles. The Morgan fingerprint density at radius 2 is 1.57 bits per heavy atom. The average molecular weight is 273 g/mol. The van der Waals surface area contributed by atoms with Crippen LogP contribution in [-0.4, -0.2) is 5.78 Å². The van der Waals surface area contributed by atoms with Crippen molar-refractivity contribution in [1.82, 2.24) is 0 Å². The van der Waals surface area contributed by atoms with E-state index < -0.39 is 0 Å². The standard InChI is InChI=1S/C19H15NO/c20-17-11-8-16(9-12-17)19(21)13-10-15-6-3-5-14-4-1-2-7-18(14)15/h1-13H,20H2. The molecule has 0 atom stereocenters. The fourth-order valence-corrected chi connectivity index (χ4v) is 2.30. The molecule has 0 saturated carbocycles. The molecular formula is C19H15NO. The highest BCUT2D eigenvalue weighted by Gasteiger charge is 2.02. The SMILES string of the molecule is Nc1ccc(C(=O)C=Cc2cccc3ccccc23)cc1. The monoisotopic (exact) mass is 273 g/mol. The molecular weight excluding hydrogens is 258 g/mol. The summed E-state index contributed by atoms with van der Waals surface area (Å²) in [5.74, 6) is -0.0251. The zero-order chi connectivity index (χ0) is 14.7. The summed E-state index contributed by atoms with van der Waals surface area (Å²) in [7, 11) is 0. The van der Waals surface area contributed by atoms with Crippen LogP contribution in [0.2, 0.25) is 0 Å². The predicted octanol–water partition coefficient (Wildman–Crippen LogP) is 4.32. The van der Waals surface area contributed by atoms with Crippen LogP contribution in [0.15, 0.2) is 72.8 Å². The quantitative estimate of drug-likeness (QED) is 0.439. The van der Waals surface area contributed by atoms with Crippen LogP contribution in [0.25, 0.3) is 16.8 Å². The van der Waals surface area contributed by atoms with Gasteiger partial charge in [-0.15, -0.1) is 0 Å². The fourth-order valence-electron chi connectivity index (χ4n) is 2.30. The van der Waals surface area contributed by atoms with Crippen molar-refractivity contribution in [2.24, 2.45) is 0 Å². The first kappa shape index (κ1) is 13.1. The van der Waals surface area contributed by atoms with Crippen molar-refractivity contribution >= 4 is 28.3 Å². The Morgan fingerprint density at radius 3 is 2.38 bits per heavy atom. The normalized spacial score (nSPS) is 11.0. The first-order valence-electron chi connectivity index (χ1n) is 6.80. The second kappa shape index (κ2) is 5.63. The van der Waals surface area contributed by atoms with E-state index in [2.05, 4.69) is 18.2 Å². The van der Waals surface area contributed by atoms with Crippen LogP contribution in [0.3, 0.4) is 0 Å². The summed E-state index contributed by atoms with van der Waals surface area (Å²) in [5, 5.41) is 2.31. The zero-order valence-electron chi connectivity index (χ0n) is 11.5. The number of nitrogen functional groups attached to an aromatic ring is 1. The van der Waals surface area contributed by atoms with E-state index in [1.54, 1.807) is 30.3 Å². The van der Waals surface area contributed by atoms with E-state index >= 15 is 0 Å². The number of hydrogen-bond acceptors (Lipinski definition) is 2. The summed E-state index contributed by atoms with van der Waals surface area (Å²) >= 11 is 0. The molecule has 0 spiro atoms. The van der Waals surface area contributed by atoms with Gasteiger partial charge in [0.1, 0.15) is 0 Å². The van der Waals surface area contributed by atoms with Gasteiger partial charge in [-0.25, -0.2) is 0 Å². The van der Waals surface area contributed by atoms with E-state index in [4.69, 9.17) is 5.73 Å². The molecule has 3 rings (SSSR count). The maximum atomic E-state index is 12.1. The summed E-state index contributed by atoms with van der Waals surface area (Å²) in [5.41, 5.74) is 7.96. The smallest absolute Gasteiger partial charge is 0.185 e. The second-order valence-corrected chi connectivity index (χ2v) is 4.89. The highest BCUT2D eigenvalue weighted by atomic mass is 16.1. The van der Waals surface area contributed by atoms with E-state index in [1.807, 2.05) is 30.3 Å². The number of rotatable bonds is 3. The minimum absolute atomic E-state index is 0.0251. The van der Waals surface area contributed by atoms with Crippen LogP contribution in [-0.2, 0) is 0 Å². The summed E-state index contributed by atoms with van der Waals surface area (Å²) in [6, 6.07) is 21.2. The summed E-state index contributed by atoms with van der Waals surface area (Å²) in [4.78, 5) is 12.1. The Morgan fingerprint density at radius 1 is 0.857 bits per heavy atom. The Labute approximate surface area is 123 Å². The van der Waals surface area contributed by atoms with Gasteiger partial charge in [-0.05, 0) is 46.7 Å². The van der Waals surface area contributed by atoms with E-state index in [0.717, 1.165) is 10.9 Å². The van der Waals surface area contributed by atoms with Crippen molar-refractivity contribution in [1.29, 1.82) is 0 Å². The van der Waals surface area contributed by atoms with Gasteiger partial charge in [-0.1, -0.05) is 48.5 Å². The van der Waals surface area contributed by atoms with Crippen molar-refractivity contribution in [3.05, 3.63) is 83.9 Å². The summed E-state index contributed by atoms with van der Waals surface area (Å²) in [6.45, 7) is 0. The second-order valence-electron chi connectivity index (χ2n) is 4.89. The Bertz CT molecular complexity index is 811. The van der Waals surface area contributed by atoms with Crippen LogP contribution >= 0.6 is 0 Å². The van der Waals surface area contributed by atoms with Crippen LogP contribution in [0.1, 0.15) is 15.9 Å². The minimum atomic E-state index is -0.0251. The average Bonchev–Trinajstić information content (AvgIpc) is 2.53. The van der Waals surface area contributed by atoms with Crippen molar-refractivity contribution in [3.63, 3.8) is 0 Å². The zero-order valence-corrected chi connectivity index (χ0v) is 11.5.